The summed E-state index contributed by atoms with van der Waals surface area (Å²) in [5.74, 6) is 0.471. The van der Waals surface area contributed by atoms with Crippen molar-refractivity contribution in [3.05, 3.63) is 70.0 Å². The van der Waals surface area contributed by atoms with Crippen molar-refractivity contribution in [2.75, 3.05) is 5.32 Å². The first-order valence-corrected chi connectivity index (χ1v) is 9.24. The van der Waals surface area contributed by atoms with Crippen molar-refractivity contribution in [2.24, 2.45) is 0 Å². The van der Waals surface area contributed by atoms with Gasteiger partial charge in [0, 0.05) is 35.4 Å². The molecule has 1 N–H and O–H groups in total. The fraction of sp³-hybridized carbons (Fsp3) is 0.111. The summed E-state index contributed by atoms with van der Waals surface area (Å²) in [6, 6.07) is 12.7. The van der Waals surface area contributed by atoms with Crippen LogP contribution in [0.4, 0.5) is 11.4 Å². The quantitative estimate of drug-likeness (QED) is 0.409. The second-order valence-corrected chi connectivity index (χ2v) is 6.86. The Kier molecular flexibility index (Phi) is 4.53. The zero-order chi connectivity index (χ0) is 19.7. The number of carbonyl (C=O) groups is 1. The van der Waals surface area contributed by atoms with Gasteiger partial charge in [-0.2, -0.15) is 9.61 Å². The molecule has 0 fully saturated rings. The monoisotopic (exact) mass is 394 g/mol. The lowest BCUT2D eigenvalue weighted by Crippen LogP contribution is -2.11. The van der Waals surface area contributed by atoms with E-state index in [2.05, 4.69) is 20.6 Å². The molecule has 0 aliphatic carbocycles. The summed E-state index contributed by atoms with van der Waals surface area (Å²) in [5, 5.41) is 27.0. The standard InChI is InChI=1S/C18H14N6O3S/c1-2-15-20-21-18-23(15)22-17(28-18)12-3-7-13(8-4-12)19-16(25)11-5-9-14(10-6-11)24(26)27/h3-10H,2H2,1H3,(H,19,25). The van der Waals surface area contributed by atoms with E-state index < -0.39 is 4.92 Å². The van der Waals surface area contributed by atoms with Gasteiger partial charge in [0.1, 0.15) is 5.01 Å². The summed E-state index contributed by atoms with van der Waals surface area (Å²) in [6.07, 6.45) is 0.748. The molecule has 2 aromatic carbocycles. The Morgan fingerprint density at radius 1 is 1.14 bits per heavy atom. The molecule has 0 bridgehead atoms. The van der Waals surface area contributed by atoms with Gasteiger partial charge in [0.15, 0.2) is 5.82 Å². The van der Waals surface area contributed by atoms with E-state index in [0.717, 1.165) is 27.8 Å². The number of nitro benzene ring substituents is 1. The van der Waals surface area contributed by atoms with Gasteiger partial charge in [-0.25, -0.2) is 0 Å². The average molecular weight is 394 g/mol. The Bertz CT molecular complexity index is 1160. The Hall–Kier alpha value is -3.66. The smallest absolute Gasteiger partial charge is 0.269 e. The maximum absolute atomic E-state index is 12.3. The van der Waals surface area contributed by atoms with Gasteiger partial charge in [0.25, 0.3) is 11.6 Å². The molecule has 0 atom stereocenters. The molecule has 2 heterocycles. The van der Waals surface area contributed by atoms with Crippen molar-refractivity contribution in [2.45, 2.75) is 13.3 Å². The number of fused-ring (bicyclic) bond motifs is 1. The van der Waals surface area contributed by atoms with E-state index in [1.165, 1.54) is 35.6 Å². The van der Waals surface area contributed by atoms with Gasteiger partial charge in [-0.1, -0.05) is 18.3 Å². The summed E-state index contributed by atoms with van der Waals surface area (Å²) in [5.41, 5.74) is 1.81. The minimum Gasteiger partial charge on any atom is -0.322 e. The number of rotatable bonds is 5. The van der Waals surface area contributed by atoms with Crippen molar-refractivity contribution in [3.8, 4) is 10.6 Å². The van der Waals surface area contributed by atoms with Gasteiger partial charge >= 0.3 is 0 Å². The van der Waals surface area contributed by atoms with Crippen LogP contribution < -0.4 is 5.32 Å². The predicted molar refractivity (Wildman–Crippen MR) is 105 cm³/mol. The van der Waals surface area contributed by atoms with E-state index in [1.54, 1.807) is 16.6 Å². The van der Waals surface area contributed by atoms with Crippen LogP contribution in [0.2, 0.25) is 0 Å². The highest BCUT2D eigenvalue weighted by Crippen LogP contribution is 2.27. The van der Waals surface area contributed by atoms with E-state index in [9.17, 15) is 14.9 Å². The molecule has 9 nitrogen and oxygen atoms in total. The molecule has 1 amide bonds. The highest BCUT2D eigenvalue weighted by atomic mass is 32.1. The van der Waals surface area contributed by atoms with E-state index in [4.69, 9.17) is 0 Å². The highest BCUT2D eigenvalue weighted by Gasteiger charge is 2.13. The Morgan fingerprint density at radius 3 is 2.50 bits per heavy atom. The molecule has 28 heavy (non-hydrogen) atoms. The lowest BCUT2D eigenvalue weighted by molar-refractivity contribution is -0.384. The summed E-state index contributed by atoms with van der Waals surface area (Å²) in [7, 11) is 0. The number of amides is 1. The first kappa shape index (κ1) is 17.7. The molecule has 0 aliphatic rings. The first-order valence-electron chi connectivity index (χ1n) is 8.42. The molecule has 2 aromatic heterocycles. The van der Waals surface area contributed by atoms with Crippen LogP contribution in [0.1, 0.15) is 23.1 Å². The molecule has 4 aromatic rings. The number of hydrogen-bond acceptors (Lipinski definition) is 7. The molecular weight excluding hydrogens is 380 g/mol. The fourth-order valence-electron chi connectivity index (χ4n) is 2.63. The molecular formula is C18H14N6O3S. The number of hydrogen-bond donors (Lipinski definition) is 1. The first-order chi connectivity index (χ1) is 13.5. The SMILES string of the molecule is CCc1nnc2sc(-c3ccc(NC(=O)c4ccc([N+](=O)[O-])cc4)cc3)nn12. The number of nitro groups is 1. The number of aryl methyl sites for hydroxylation is 1. The van der Waals surface area contributed by atoms with Gasteiger partial charge in [0.2, 0.25) is 4.96 Å². The normalized spacial score (nSPS) is 10.9. The summed E-state index contributed by atoms with van der Waals surface area (Å²) < 4.78 is 1.74. The van der Waals surface area contributed by atoms with Crippen LogP contribution in [0, 0.1) is 10.1 Å². The van der Waals surface area contributed by atoms with Gasteiger partial charge in [-0.15, -0.1) is 10.2 Å². The van der Waals surface area contributed by atoms with Gasteiger partial charge in [0.05, 0.1) is 4.92 Å². The van der Waals surface area contributed by atoms with Crippen LogP contribution in [0.3, 0.4) is 0 Å². The lowest BCUT2D eigenvalue weighted by atomic mass is 10.1. The van der Waals surface area contributed by atoms with Crippen LogP contribution in [-0.2, 0) is 6.42 Å². The Labute approximate surface area is 162 Å². The topological polar surface area (TPSA) is 115 Å². The maximum atomic E-state index is 12.3. The van der Waals surface area contributed by atoms with Crippen LogP contribution in [0.15, 0.2) is 48.5 Å². The number of nitrogens with zero attached hydrogens (tertiary/aromatic N) is 5. The largest absolute Gasteiger partial charge is 0.322 e. The number of anilines is 1. The van der Waals surface area contributed by atoms with Gasteiger partial charge in [-0.3, -0.25) is 14.9 Å². The van der Waals surface area contributed by atoms with Crippen molar-refractivity contribution >= 4 is 33.6 Å². The van der Waals surface area contributed by atoms with Crippen molar-refractivity contribution in [1.29, 1.82) is 0 Å². The van der Waals surface area contributed by atoms with Crippen LogP contribution in [-0.4, -0.2) is 30.6 Å². The number of nitrogens with one attached hydrogen (secondary N) is 1. The molecule has 0 spiro atoms. The molecule has 0 unspecified atom stereocenters. The zero-order valence-corrected chi connectivity index (χ0v) is 15.5. The Morgan fingerprint density at radius 2 is 1.86 bits per heavy atom. The van der Waals surface area contributed by atoms with E-state index in [1.807, 2.05) is 19.1 Å². The second kappa shape index (κ2) is 7.16. The maximum Gasteiger partial charge on any atom is 0.269 e. The van der Waals surface area contributed by atoms with Crippen LogP contribution in [0.5, 0.6) is 0 Å². The lowest BCUT2D eigenvalue weighted by Gasteiger charge is -2.06. The van der Waals surface area contributed by atoms with Crippen molar-refractivity contribution in [1.82, 2.24) is 19.8 Å². The number of carbonyl (C=O) groups excluding carboxylic acids is 1. The minimum absolute atomic E-state index is 0.0582. The fourth-order valence-corrected chi connectivity index (χ4v) is 3.49. The third-order valence-electron chi connectivity index (χ3n) is 4.10. The third kappa shape index (κ3) is 3.32. The van der Waals surface area contributed by atoms with Gasteiger partial charge < -0.3 is 5.32 Å². The zero-order valence-electron chi connectivity index (χ0n) is 14.7. The molecule has 4 rings (SSSR count). The molecule has 0 aliphatic heterocycles. The second-order valence-electron chi connectivity index (χ2n) is 5.91. The predicted octanol–water partition coefficient (Wildman–Crippen LogP) is 3.58. The molecule has 140 valence electrons. The minimum atomic E-state index is -0.504. The summed E-state index contributed by atoms with van der Waals surface area (Å²) in [4.78, 5) is 23.2. The number of non-ortho nitro benzene ring substituents is 1. The average Bonchev–Trinajstić information content (AvgIpc) is 3.29. The third-order valence-corrected chi connectivity index (χ3v) is 5.05. The summed E-state index contributed by atoms with van der Waals surface area (Å²) in [6.45, 7) is 2.00. The summed E-state index contributed by atoms with van der Waals surface area (Å²) >= 11 is 1.44. The van der Waals surface area contributed by atoms with Crippen LogP contribution in [0.25, 0.3) is 15.5 Å². The molecule has 0 saturated carbocycles. The van der Waals surface area contributed by atoms with E-state index in [0.29, 0.717) is 11.3 Å². The number of benzene rings is 2. The highest BCUT2D eigenvalue weighted by molar-refractivity contribution is 7.19. The van der Waals surface area contributed by atoms with Crippen molar-refractivity contribution in [3.63, 3.8) is 0 Å². The Balaban J connectivity index is 1.50. The molecule has 0 saturated heterocycles. The number of aromatic nitrogens is 4. The van der Waals surface area contributed by atoms with E-state index in [-0.39, 0.29) is 11.6 Å². The molecule has 0 radical (unpaired) electrons. The van der Waals surface area contributed by atoms with E-state index >= 15 is 0 Å². The van der Waals surface area contributed by atoms with Gasteiger partial charge in [-0.05, 0) is 36.4 Å². The van der Waals surface area contributed by atoms with Crippen molar-refractivity contribution < 1.29 is 9.72 Å². The molecule has 10 heteroatoms. The van der Waals surface area contributed by atoms with Crippen LogP contribution >= 0.6 is 11.3 Å².